The number of rotatable bonds is 13. The molecule has 4 saturated carbocycles. The number of ketones is 1. The number of aliphatic hydroxyl groups excluding tert-OH is 1. The van der Waals surface area contributed by atoms with E-state index >= 15 is 0 Å². The summed E-state index contributed by atoms with van der Waals surface area (Å²) in [6, 6.07) is 0. The molecule has 0 aromatic carbocycles. The molecule has 0 aromatic heterocycles. The maximum absolute atomic E-state index is 13.0. The summed E-state index contributed by atoms with van der Waals surface area (Å²) >= 11 is 0. The van der Waals surface area contributed by atoms with Crippen molar-refractivity contribution in [2.45, 2.75) is 168 Å². The molecule has 0 spiro atoms. The average molecular weight is 560 g/mol. The van der Waals surface area contributed by atoms with Gasteiger partial charge in [0.2, 0.25) is 0 Å². The van der Waals surface area contributed by atoms with E-state index < -0.39 is 5.60 Å². The Kier molecular flexibility index (Phi) is 10.3. The quantitative estimate of drug-likeness (QED) is 0.213. The molecule has 4 aliphatic rings. The maximum Gasteiger partial charge on any atom is 0.136 e. The minimum atomic E-state index is -0.588. The fourth-order valence-electron chi connectivity index (χ4n) is 10.9. The molecule has 4 rings (SSSR count). The summed E-state index contributed by atoms with van der Waals surface area (Å²) < 4.78 is 0. The molecule has 0 saturated heterocycles. The molecular formula is C36H65NO3. The van der Waals surface area contributed by atoms with Crippen molar-refractivity contribution >= 4 is 5.78 Å². The molecule has 0 bridgehead atoms. The fraction of sp³-hybridized carbons (Fsp3) is 0.972. The molecule has 232 valence electrons. The molecule has 4 aliphatic carbocycles. The van der Waals surface area contributed by atoms with Crippen molar-refractivity contribution in [1.29, 1.82) is 0 Å². The summed E-state index contributed by atoms with van der Waals surface area (Å²) in [5.41, 5.74) is -0.518. The van der Waals surface area contributed by atoms with Crippen molar-refractivity contribution in [3.63, 3.8) is 0 Å². The summed E-state index contributed by atoms with van der Waals surface area (Å²) in [5.74, 6) is 3.96. The van der Waals surface area contributed by atoms with Crippen LogP contribution < -0.4 is 5.32 Å². The predicted molar refractivity (Wildman–Crippen MR) is 166 cm³/mol. The first kappa shape index (κ1) is 32.5. The van der Waals surface area contributed by atoms with E-state index in [1.54, 1.807) is 0 Å². The van der Waals surface area contributed by atoms with Gasteiger partial charge in [-0.05, 0) is 125 Å². The normalized spacial score (nSPS) is 39.8. The summed E-state index contributed by atoms with van der Waals surface area (Å²) in [6.45, 7) is 16.9. The van der Waals surface area contributed by atoms with Crippen LogP contribution in [0.1, 0.15) is 151 Å². The predicted octanol–water partition coefficient (Wildman–Crippen LogP) is 8.08. The van der Waals surface area contributed by atoms with E-state index in [2.05, 4.69) is 39.9 Å². The lowest BCUT2D eigenvalue weighted by atomic mass is 9.57. The third kappa shape index (κ3) is 6.40. The van der Waals surface area contributed by atoms with Gasteiger partial charge in [-0.2, -0.15) is 0 Å². The van der Waals surface area contributed by atoms with E-state index in [-0.39, 0.29) is 28.4 Å². The van der Waals surface area contributed by atoms with Crippen LogP contribution in [0.25, 0.3) is 0 Å². The lowest BCUT2D eigenvalue weighted by Gasteiger charge is -2.55. The van der Waals surface area contributed by atoms with Gasteiger partial charge in [-0.15, -0.1) is 0 Å². The zero-order valence-electron chi connectivity index (χ0n) is 27.4. The number of aliphatic hydroxyl groups is 2. The van der Waals surface area contributed by atoms with Gasteiger partial charge in [0.15, 0.2) is 0 Å². The standard InChI is InChI=1S/C36H65NO3/c1-25(2)12-8-14-27(29-17-18-30-31(38)15-10-21-34(29,30)6)24-37-36-23-19-28(26(3)13-9-20-33(4,5)40)35(36,7)22-11-16-32(36)39/h25-30,32,37,39-40H,8-24H2,1-7H3. The van der Waals surface area contributed by atoms with Gasteiger partial charge in [-0.1, -0.05) is 66.7 Å². The first-order chi connectivity index (χ1) is 18.7. The van der Waals surface area contributed by atoms with E-state index in [4.69, 9.17) is 0 Å². The second-order valence-corrected chi connectivity index (χ2v) is 16.7. The largest absolute Gasteiger partial charge is 0.391 e. The highest BCUT2D eigenvalue weighted by Gasteiger charge is 2.62. The topological polar surface area (TPSA) is 69.6 Å². The molecule has 4 nitrogen and oxygen atoms in total. The first-order valence-corrected chi connectivity index (χ1v) is 17.4. The number of hydrogen-bond acceptors (Lipinski definition) is 4. The summed E-state index contributed by atoms with van der Waals surface area (Å²) in [5, 5.41) is 26.2. The number of carbonyl (C=O) groups is 1. The van der Waals surface area contributed by atoms with Crippen LogP contribution in [0.5, 0.6) is 0 Å². The molecular weight excluding hydrogens is 494 g/mol. The summed E-state index contributed by atoms with van der Waals surface area (Å²) in [6.07, 6.45) is 17.5. The molecule has 3 N–H and O–H groups in total. The monoisotopic (exact) mass is 559 g/mol. The Morgan fingerprint density at radius 1 is 0.925 bits per heavy atom. The van der Waals surface area contributed by atoms with Crippen molar-refractivity contribution in [2.75, 3.05) is 6.54 Å². The molecule has 9 unspecified atom stereocenters. The van der Waals surface area contributed by atoms with Crippen LogP contribution in [0.2, 0.25) is 0 Å². The van der Waals surface area contributed by atoms with Crippen LogP contribution in [0.4, 0.5) is 0 Å². The fourth-order valence-corrected chi connectivity index (χ4v) is 10.9. The van der Waals surface area contributed by atoms with Crippen LogP contribution in [0.15, 0.2) is 0 Å². The number of nitrogens with one attached hydrogen (secondary N) is 1. The van der Waals surface area contributed by atoms with Crippen molar-refractivity contribution in [3.8, 4) is 0 Å². The van der Waals surface area contributed by atoms with Crippen LogP contribution in [-0.2, 0) is 4.79 Å². The summed E-state index contributed by atoms with van der Waals surface area (Å²) in [7, 11) is 0. The van der Waals surface area contributed by atoms with E-state index in [0.29, 0.717) is 29.5 Å². The maximum atomic E-state index is 13.0. The highest BCUT2D eigenvalue weighted by molar-refractivity contribution is 5.83. The van der Waals surface area contributed by atoms with Crippen molar-refractivity contribution in [3.05, 3.63) is 0 Å². The molecule has 0 radical (unpaired) electrons. The van der Waals surface area contributed by atoms with Gasteiger partial charge in [-0.25, -0.2) is 0 Å². The average Bonchev–Trinajstić information content (AvgIpc) is 3.36. The van der Waals surface area contributed by atoms with Gasteiger partial charge < -0.3 is 15.5 Å². The smallest absolute Gasteiger partial charge is 0.136 e. The second-order valence-electron chi connectivity index (χ2n) is 16.7. The van der Waals surface area contributed by atoms with Crippen LogP contribution >= 0.6 is 0 Å². The van der Waals surface area contributed by atoms with Crippen LogP contribution in [0.3, 0.4) is 0 Å². The number of hydrogen-bond donors (Lipinski definition) is 3. The Balaban J connectivity index is 1.52. The van der Waals surface area contributed by atoms with Crippen LogP contribution in [0, 0.1) is 46.3 Å². The minimum absolute atomic E-state index is 0.101. The van der Waals surface area contributed by atoms with Crippen molar-refractivity contribution < 1.29 is 15.0 Å². The summed E-state index contributed by atoms with van der Waals surface area (Å²) in [4.78, 5) is 13.0. The number of Topliss-reactive ketones (excluding diaryl/α,β-unsaturated/α-hetero) is 1. The van der Waals surface area contributed by atoms with Gasteiger partial charge in [0.05, 0.1) is 11.7 Å². The Hall–Kier alpha value is -0.450. The lowest BCUT2D eigenvalue weighted by Crippen LogP contribution is -2.66. The Morgan fingerprint density at radius 3 is 2.38 bits per heavy atom. The van der Waals surface area contributed by atoms with Crippen LogP contribution in [-0.4, -0.2) is 39.8 Å². The molecule has 4 heteroatoms. The molecule has 4 fully saturated rings. The highest BCUT2D eigenvalue weighted by atomic mass is 16.3. The Labute approximate surface area is 247 Å². The molecule has 0 aromatic rings. The molecule has 0 heterocycles. The third-order valence-corrected chi connectivity index (χ3v) is 13.1. The van der Waals surface area contributed by atoms with E-state index in [9.17, 15) is 15.0 Å². The zero-order chi connectivity index (χ0) is 29.3. The van der Waals surface area contributed by atoms with Gasteiger partial charge in [0.25, 0.3) is 0 Å². The molecule has 0 aliphatic heterocycles. The lowest BCUT2D eigenvalue weighted by molar-refractivity contribution is -0.130. The SMILES string of the molecule is CC(C)CCCC(CNC12CCC(C(C)CCCC(C)(C)O)C1(C)CCCC2O)C1CCC2C(=O)CCCC21C. The second kappa shape index (κ2) is 12.7. The molecule has 0 amide bonds. The first-order valence-electron chi connectivity index (χ1n) is 17.4. The Bertz CT molecular complexity index is 849. The van der Waals surface area contributed by atoms with Crippen molar-refractivity contribution in [2.24, 2.45) is 46.3 Å². The van der Waals surface area contributed by atoms with Crippen molar-refractivity contribution in [1.82, 2.24) is 5.32 Å². The zero-order valence-corrected chi connectivity index (χ0v) is 27.4. The van der Waals surface area contributed by atoms with E-state index in [1.165, 1.54) is 44.9 Å². The molecule has 40 heavy (non-hydrogen) atoms. The van der Waals surface area contributed by atoms with Gasteiger partial charge in [0.1, 0.15) is 5.78 Å². The van der Waals surface area contributed by atoms with Gasteiger partial charge >= 0.3 is 0 Å². The highest BCUT2D eigenvalue weighted by Crippen LogP contribution is 2.61. The number of fused-ring (bicyclic) bond motifs is 2. The minimum Gasteiger partial charge on any atom is -0.391 e. The van der Waals surface area contributed by atoms with E-state index in [1.807, 2.05) is 13.8 Å². The Morgan fingerprint density at radius 2 is 1.68 bits per heavy atom. The number of carbonyl (C=O) groups excluding carboxylic acids is 1. The van der Waals surface area contributed by atoms with Gasteiger partial charge in [-0.3, -0.25) is 4.79 Å². The van der Waals surface area contributed by atoms with E-state index in [0.717, 1.165) is 70.3 Å². The molecule has 9 atom stereocenters. The van der Waals surface area contributed by atoms with Gasteiger partial charge in [0, 0.05) is 17.9 Å². The third-order valence-electron chi connectivity index (χ3n) is 13.1.